The van der Waals surface area contributed by atoms with Crippen LogP contribution in [0.15, 0.2) is 24.3 Å². The average Bonchev–Trinajstić information content (AvgIpc) is 2.37. The third-order valence-electron chi connectivity index (χ3n) is 3.52. The van der Waals surface area contributed by atoms with Crippen LogP contribution in [0.1, 0.15) is 64.1 Å². The highest BCUT2D eigenvalue weighted by atomic mass is 16.2. The van der Waals surface area contributed by atoms with Gasteiger partial charge in [0.05, 0.1) is 12.1 Å². The number of hydrogen-bond donors (Lipinski definition) is 2. The first kappa shape index (κ1) is 16.7. The van der Waals surface area contributed by atoms with E-state index in [4.69, 9.17) is 5.73 Å². The van der Waals surface area contributed by atoms with E-state index in [9.17, 15) is 4.79 Å². The maximum atomic E-state index is 12.0. The normalized spacial score (nSPS) is 14.4. The maximum absolute atomic E-state index is 12.0. The molecular formula is C17H28N2O. The highest BCUT2D eigenvalue weighted by molar-refractivity contribution is 5.81. The van der Waals surface area contributed by atoms with Crippen LogP contribution in [0.4, 0.5) is 0 Å². The van der Waals surface area contributed by atoms with E-state index in [2.05, 4.69) is 57.3 Å². The molecule has 1 amide bonds. The Balaban J connectivity index is 2.61. The van der Waals surface area contributed by atoms with Crippen LogP contribution in [-0.2, 0) is 4.79 Å². The van der Waals surface area contributed by atoms with Gasteiger partial charge in [-0.25, -0.2) is 0 Å². The molecule has 1 aromatic rings. The van der Waals surface area contributed by atoms with E-state index in [0.29, 0.717) is 18.3 Å². The molecule has 0 aromatic heterocycles. The highest BCUT2D eigenvalue weighted by Crippen LogP contribution is 2.18. The summed E-state index contributed by atoms with van der Waals surface area (Å²) in [5.74, 6) is 0.879. The first-order valence-electron chi connectivity index (χ1n) is 7.47. The summed E-state index contributed by atoms with van der Waals surface area (Å²) in [7, 11) is 0. The van der Waals surface area contributed by atoms with Crippen molar-refractivity contribution < 1.29 is 4.79 Å². The summed E-state index contributed by atoms with van der Waals surface area (Å²) in [6, 6.07) is 7.96. The zero-order valence-electron chi connectivity index (χ0n) is 13.3. The second-order valence-electron chi connectivity index (χ2n) is 6.29. The van der Waals surface area contributed by atoms with Crippen molar-refractivity contribution in [1.82, 2.24) is 5.32 Å². The first-order chi connectivity index (χ1) is 9.31. The van der Waals surface area contributed by atoms with Gasteiger partial charge in [-0.3, -0.25) is 4.79 Å². The fourth-order valence-corrected chi connectivity index (χ4v) is 2.19. The van der Waals surface area contributed by atoms with Crippen molar-refractivity contribution in [2.45, 2.75) is 59.0 Å². The molecule has 3 N–H and O–H groups in total. The Hall–Kier alpha value is -1.35. The van der Waals surface area contributed by atoms with E-state index in [1.165, 1.54) is 5.56 Å². The smallest absolute Gasteiger partial charge is 0.237 e. The number of nitrogens with two attached hydrogens (primary N) is 1. The standard InChI is InChI=1S/C17H28N2O/c1-11(2)10-16(18)17(20)19-13(5)15-8-6-14(7-9-15)12(3)4/h6-9,11-13,16H,10,18H2,1-5H3,(H,19,20). The van der Waals surface area contributed by atoms with Crippen LogP contribution in [0.3, 0.4) is 0 Å². The van der Waals surface area contributed by atoms with Crippen molar-refractivity contribution in [3.8, 4) is 0 Å². The Labute approximate surface area is 122 Å². The topological polar surface area (TPSA) is 55.1 Å². The van der Waals surface area contributed by atoms with Crippen molar-refractivity contribution in [3.05, 3.63) is 35.4 Å². The number of rotatable bonds is 6. The van der Waals surface area contributed by atoms with Crippen molar-refractivity contribution in [2.75, 3.05) is 0 Å². The van der Waals surface area contributed by atoms with Crippen molar-refractivity contribution in [1.29, 1.82) is 0 Å². The molecule has 0 heterocycles. The summed E-state index contributed by atoms with van der Waals surface area (Å²) in [6.07, 6.45) is 0.713. The van der Waals surface area contributed by atoms with Gasteiger partial charge in [0.25, 0.3) is 0 Å². The van der Waals surface area contributed by atoms with Gasteiger partial charge in [0, 0.05) is 0 Å². The minimum absolute atomic E-state index is 0.0121. The van der Waals surface area contributed by atoms with Crippen molar-refractivity contribution >= 4 is 5.91 Å². The first-order valence-corrected chi connectivity index (χ1v) is 7.47. The van der Waals surface area contributed by atoms with E-state index in [0.717, 1.165) is 5.56 Å². The molecule has 0 fully saturated rings. The lowest BCUT2D eigenvalue weighted by Crippen LogP contribution is -2.42. The van der Waals surface area contributed by atoms with Gasteiger partial charge >= 0.3 is 0 Å². The molecule has 3 nitrogen and oxygen atoms in total. The van der Waals surface area contributed by atoms with Crippen LogP contribution in [0.5, 0.6) is 0 Å². The number of amides is 1. The van der Waals surface area contributed by atoms with Gasteiger partial charge < -0.3 is 11.1 Å². The van der Waals surface area contributed by atoms with Gasteiger partial charge in [-0.2, -0.15) is 0 Å². The summed E-state index contributed by atoms with van der Waals surface area (Å²) in [6.45, 7) is 10.5. The second-order valence-corrected chi connectivity index (χ2v) is 6.29. The zero-order valence-corrected chi connectivity index (χ0v) is 13.3. The summed E-state index contributed by atoms with van der Waals surface area (Å²) in [5, 5.41) is 2.99. The molecule has 112 valence electrons. The van der Waals surface area contributed by atoms with Gasteiger partial charge in [0.2, 0.25) is 5.91 Å². The maximum Gasteiger partial charge on any atom is 0.237 e. The predicted molar refractivity (Wildman–Crippen MR) is 84.5 cm³/mol. The molecular weight excluding hydrogens is 248 g/mol. The van der Waals surface area contributed by atoms with Gasteiger partial charge in [0.15, 0.2) is 0 Å². The Bertz CT molecular complexity index is 423. The molecule has 0 aliphatic carbocycles. The molecule has 0 spiro atoms. The van der Waals surface area contributed by atoms with Gasteiger partial charge in [-0.05, 0) is 36.3 Å². The van der Waals surface area contributed by atoms with Crippen molar-refractivity contribution in [3.63, 3.8) is 0 Å². The predicted octanol–water partition coefficient (Wildman–Crippen LogP) is 3.36. The molecule has 1 rings (SSSR count). The van der Waals surface area contributed by atoms with E-state index >= 15 is 0 Å². The summed E-state index contributed by atoms with van der Waals surface area (Å²) in [5.41, 5.74) is 8.32. The van der Waals surface area contributed by atoms with E-state index < -0.39 is 6.04 Å². The summed E-state index contributed by atoms with van der Waals surface area (Å²) >= 11 is 0. The quantitative estimate of drug-likeness (QED) is 0.837. The van der Waals surface area contributed by atoms with E-state index in [1.807, 2.05) is 6.92 Å². The SMILES string of the molecule is CC(C)CC(N)C(=O)NC(C)c1ccc(C(C)C)cc1. The van der Waals surface area contributed by atoms with E-state index in [-0.39, 0.29) is 11.9 Å². The Kier molecular flexibility index (Phi) is 6.21. The Morgan fingerprint density at radius 2 is 1.55 bits per heavy atom. The molecule has 0 aliphatic rings. The average molecular weight is 276 g/mol. The minimum atomic E-state index is -0.424. The third kappa shape index (κ3) is 4.97. The van der Waals surface area contributed by atoms with Crippen LogP contribution in [-0.4, -0.2) is 11.9 Å². The minimum Gasteiger partial charge on any atom is -0.348 e. The van der Waals surface area contributed by atoms with Crippen LogP contribution in [0, 0.1) is 5.92 Å². The molecule has 2 unspecified atom stereocenters. The van der Waals surface area contributed by atoms with Gasteiger partial charge in [0.1, 0.15) is 0 Å². The molecule has 0 saturated heterocycles. The van der Waals surface area contributed by atoms with Crippen LogP contribution in [0.25, 0.3) is 0 Å². The summed E-state index contributed by atoms with van der Waals surface area (Å²) < 4.78 is 0. The van der Waals surface area contributed by atoms with E-state index in [1.54, 1.807) is 0 Å². The Morgan fingerprint density at radius 3 is 2.00 bits per heavy atom. The van der Waals surface area contributed by atoms with Gasteiger partial charge in [-0.1, -0.05) is 52.0 Å². The molecule has 0 radical (unpaired) electrons. The number of nitrogens with one attached hydrogen (secondary N) is 1. The molecule has 1 aromatic carbocycles. The largest absolute Gasteiger partial charge is 0.348 e. The van der Waals surface area contributed by atoms with Crippen LogP contribution in [0.2, 0.25) is 0 Å². The van der Waals surface area contributed by atoms with Crippen LogP contribution < -0.4 is 11.1 Å². The Morgan fingerprint density at radius 1 is 1.05 bits per heavy atom. The number of hydrogen-bond acceptors (Lipinski definition) is 2. The van der Waals surface area contributed by atoms with Crippen LogP contribution >= 0.6 is 0 Å². The zero-order chi connectivity index (χ0) is 15.3. The molecule has 0 aliphatic heterocycles. The second kappa shape index (κ2) is 7.44. The fourth-order valence-electron chi connectivity index (χ4n) is 2.19. The molecule has 3 heteroatoms. The fraction of sp³-hybridized carbons (Fsp3) is 0.588. The number of carbonyl (C=O) groups excluding carboxylic acids is 1. The highest BCUT2D eigenvalue weighted by Gasteiger charge is 2.17. The van der Waals surface area contributed by atoms with Gasteiger partial charge in [-0.15, -0.1) is 0 Å². The number of benzene rings is 1. The lowest BCUT2D eigenvalue weighted by Gasteiger charge is -2.19. The molecule has 0 saturated carbocycles. The lowest BCUT2D eigenvalue weighted by molar-refractivity contribution is -0.123. The monoisotopic (exact) mass is 276 g/mol. The summed E-state index contributed by atoms with van der Waals surface area (Å²) in [4.78, 5) is 12.0. The molecule has 20 heavy (non-hydrogen) atoms. The third-order valence-corrected chi connectivity index (χ3v) is 3.52. The van der Waals surface area contributed by atoms with Crippen molar-refractivity contribution in [2.24, 2.45) is 11.7 Å². The number of carbonyl (C=O) groups is 1. The lowest BCUT2D eigenvalue weighted by atomic mass is 9.99. The molecule has 2 atom stereocenters. The molecule has 0 bridgehead atoms.